The molecule has 0 radical (unpaired) electrons. The Morgan fingerprint density at radius 1 is 0.962 bits per heavy atom. The summed E-state index contributed by atoms with van der Waals surface area (Å²) in [5.74, 6) is -0.178. The molecule has 0 aliphatic carbocycles. The Bertz CT molecular complexity index is 960. The molecule has 0 saturated carbocycles. The summed E-state index contributed by atoms with van der Waals surface area (Å²) in [7, 11) is 0. The summed E-state index contributed by atoms with van der Waals surface area (Å²) in [6, 6.07) is 12.3. The Morgan fingerprint density at radius 2 is 1.54 bits per heavy atom. The van der Waals surface area contributed by atoms with E-state index in [0.29, 0.717) is 9.23 Å². The van der Waals surface area contributed by atoms with Gasteiger partial charge in [-0.15, -0.1) is 0 Å². The van der Waals surface area contributed by atoms with Gasteiger partial charge in [0.25, 0.3) is 5.91 Å². The van der Waals surface area contributed by atoms with E-state index in [1.54, 1.807) is 6.21 Å². The number of nitrogens with zero attached hydrogens (tertiary/aromatic N) is 2. The lowest BCUT2D eigenvalue weighted by Gasteiger charge is -2.07. The van der Waals surface area contributed by atoms with Crippen LogP contribution in [0.4, 0.5) is 0 Å². The second-order valence-corrected chi connectivity index (χ2v) is 8.13. The van der Waals surface area contributed by atoms with E-state index in [9.17, 15) is 4.79 Å². The van der Waals surface area contributed by atoms with Crippen LogP contribution in [0.25, 0.3) is 6.08 Å². The first-order valence-electron chi connectivity index (χ1n) is 8.31. The Balaban J connectivity index is 1.87. The first-order valence-corrected chi connectivity index (χ1v) is 9.54. The molecule has 0 unspecified atom stereocenters. The molecule has 26 heavy (non-hydrogen) atoms. The molecule has 2 aromatic rings. The van der Waals surface area contributed by atoms with Gasteiger partial charge in [0.05, 0.1) is 11.1 Å². The highest BCUT2D eigenvalue weighted by Crippen LogP contribution is 2.33. The van der Waals surface area contributed by atoms with Crippen molar-refractivity contribution < 1.29 is 4.79 Å². The lowest BCUT2D eigenvalue weighted by molar-refractivity contribution is -0.122. The van der Waals surface area contributed by atoms with Crippen LogP contribution in [-0.2, 0) is 4.79 Å². The number of carbonyl (C=O) groups is 1. The fourth-order valence-electron chi connectivity index (χ4n) is 2.63. The standard InChI is InChI=1S/C21H20N2OS2/c1-13-5-7-15(3)17(9-13)11-19-20(24)23(21(25)26-19)22-12-18-10-14(2)6-8-16(18)4/h5-12H,1-4H3. The van der Waals surface area contributed by atoms with E-state index in [0.717, 1.165) is 33.4 Å². The van der Waals surface area contributed by atoms with E-state index >= 15 is 0 Å². The molecule has 3 rings (SSSR count). The van der Waals surface area contributed by atoms with Gasteiger partial charge in [-0.1, -0.05) is 59.3 Å². The molecule has 1 aliphatic rings. The predicted molar refractivity (Wildman–Crippen MR) is 114 cm³/mol. The maximum Gasteiger partial charge on any atom is 0.286 e. The van der Waals surface area contributed by atoms with Crippen molar-refractivity contribution in [2.75, 3.05) is 0 Å². The van der Waals surface area contributed by atoms with Crippen LogP contribution in [0.1, 0.15) is 33.4 Å². The van der Waals surface area contributed by atoms with E-state index in [4.69, 9.17) is 12.2 Å². The van der Waals surface area contributed by atoms with Crippen LogP contribution in [0.3, 0.4) is 0 Å². The summed E-state index contributed by atoms with van der Waals surface area (Å²) in [5, 5.41) is 5.65. The van der Waals surface area contributed by atoms with Gasteiger partial charge in [-0.25, -0.2) is 0 Å². The Labute approximate surface area is 163 Å². The maximum atomic E-state index is 12.7. The number of benzene rings is 2. The van der Waals surface area contributed by atoms with E-state index in [1.165, 1.54) is 16.8 Å². The number of hydrogen-bond acceptors (Lipinski definition) is 4. The molecule has 132 valence electrons. The topological polar surface area (TPSA) is 32.7 Å². The minimum atomic E-state index is -0.178. The monoisotopic (exact) mass is 380 g/mol. The molecule has 1 saturated heterocycles. The molecule has 1 fully saturated rings. The first-order chi connectivity index (χ1) is 12.3. The molecule has 0 spiro atoms. The molecule has 1 aliphatic heterocycles. The van der Waals surface area contributed by atoms with Crippen molar-refractivity contribution in [3.8, 4) is 0 Å². The van der Waals surface area contributed by atoms with Gasteiger partial charge in [0.15, 0.2) is 4.32 Å². The highest BCUT2D eigenvalue weighted by atomic mass is 32.2. The number of thioether (sulfide) groups is 1. The van der Waals surface area contributed by atoms with Crippen LogP contribution in [-0.4, -0.2) is 21.5 Å². The van der Waals surface area contributed by atoms with E-state index < -0.39 is 0 Å². The maximum absolute atomic E-state index is 12.7. The number of amides is 1. The third-order valence-corrected chi connectivity index (χ3v) is 5.52. The zero-order valence-corrected chi connectivity index (χ0v) is 16.9. The predicted octanol–water partition coefficient (Wildman–Crippen LogP) is 5.16. The van der Waals surface area contributed by atoms with Crippen molar-refractivity contribution in [2.24, 2.45) is 5.10 Å². The molecule has 0 atom stereocenters. The lowest BCUT2D eigenvalue weighted by atomic mass is 10.1. The minimum Gasteiger partial charge on any atom is -0.266 e. The van der Waals surface area contributed by atoms with Gasteiger partial charge in [-0.05, 0) is 68.2 Å². The highest BCUT2D eigenvalue weighted by Gasteiger charge is 2.32. The Morgan fingerprint density at radius 3 is 2.19 bits per heavy atom. The normalized spacial score (nSPS) is 16.3. The molecule has 0 N–H and O–H groups in total. The number of hydrazone groups is 1. The van der Waals surface area contributed by atoms with Crippen molar-refractivity contribution in [1.82, 2.24) is 5.01 Å². The van der Waals surface area contributed by atoms with E-state index in [2.05, 4.69) is 29.4 Å². The zero-order chi connectivity index (χ0) is 18.8. The molecule has 0 aromatic heterocycles. The molecule has 0 bridgehead atoms. The second kappa shape index (κ2) is 7.56. The van der Waals surface area contributed by atoms with Crippen LogP contribution in [0.5, 0.6) is 0 Å². The average Bonchev–Trinajstić information content (AvgIpc) is 2.85. The third kappa shape index (κ3) is 3.94. The number of aryl methyl sites for hydroxylation is 4. The summed E-state index contributed by atoms with van der Waals surface area (Å²) >= 11 is 6.65. The van der Waals surface area contributed by atoms with Crippen LogP contribution >= 0.6 is 24.0 Å². The second-order valence-electron chi connectivity index (χ2n) is 6.46. The van der Waals surface area contributed by atoms with Crippen LogP contribution < -0.4 is 0 Å². The molecule has 3 nitrogen and oxygen atoms in total. The number of rotatable bonds is 3. The largest absolute Gasteiger partial charge is 0.286 e. The van der Waals surface area contributed by atoms with Crippen LogP contribution in [0.15, 0.2) is 46.4 Å². The highest BCUT2D eigenvalue weighted by molar-refractivity contribution is 8.26. The lowest BCUT2D eigenvalue weighted by Crippen LogP contribution is -2.22. The van der Waals surface area contributed by atoms with Gasteiger partial charge in [-0.3, -0.25) is 4.79 Å². The molecular formula is C21H20N2OS2. The van der Waals surface area contributed by atoms with Gasteiger partial charge in [0.2, 0.25) is 0 Å². The Kier molecular flexibility index (Phi) is 5.39. The summed E-state index contributed by atoms with van der Waals surface area (Å²) < 4.78 is 0.452. The molecule has 2 aromatic carbocycles. The zero-order valence-electron chi connectivity index (χ0n) is 15.2. The van der Waals surface area contributed by atoms with E-state index in [-0.39, 0.29) is 5.91 Å². The number of hydrogen-bond donors (Lipinski definition) is 0. The number of thiocarbonyl (C=S) groups is 1. The van der Waals surface area contributed by atoms with Gasteiger partial charge in [-0.2, -0.15) is 10.1 Å². The van der Waals surface area contributed by atoms with Gasteiger partial charge < -0.3 is 0 Å². The minimum absolute atomic E-state index is 0.178. The SMILES string of the molecule is Cc1ccc(C)c(C=NN2C(=O)C(=Cc3cc(C)ccc3C)SC2=S)c1. The fraction of sp³-hybridized carbons (Fsp3) is 0.190. The Hall–Kier alpha value is -2.24. The van der Waals surface area contributed by atoms with Crippen LogP contribution in [0.2, 0.25) is 0 Å². The third-order valence-electron chi connectivity index (χ3n) is 4.24. The number of carbonyl (C=O) groups excluding carboxylic acids is 1. The smallest absolute Gasteiger partial charge is 0.266 e. The van der Waals surface area contributed by atoms with Crippen molar-refractivity contribution in [3.63, 3.8) is 0 Å². The fourth-order valence-corrected chi connectivity index (χ4v) is 3.80. The van der Waals surface area contributed by atoms with E-state index in [1.807, 2.05) is 45.9 Å². The van der Waals surface area contributed by atoms with Crippen molar-refractivity contribution in [2.45, 2.75) is 27.7 Å². The van der Waals surface area contributed by atoms with Crippen molar-refractivity contribution in [1.29, 1.82) is 0 Å². The summed E-state index contributed by atoms with van der Waals surface area (Å²) in [5.41, 5.74) is 6.56. The molecule has 5 heteroatoms. The summed E-state index contributed by atoms with van der Waals surface area (Å²) in [6.45, 7) is 8.12. The van der Waals surface area contributed by atoms with Crippen LogP contribution in [0, 0.1) is 27.7 Å². The molecule has 1 heterocycles. The first kappa shape index (κ1) is 18.5. The molecular weight excluding hydrogens is 360 g/mol. The van der Waals surface area contributed by atoms with Gasteiger partial charge >= 0.3 is 0 Å². The average molecular weight is 381 g/mol. The van der Waals surface area contributed by atoms with Crippen molar-refractivity contribution >= 4 is 46.5 Å². The summed E-state index contributed by atoms with van der Waals surface area (Å²) in [6.07, 6.45) is 3.60. The summed E-state index contributed by atoms with van der Waals surface area (Å²) in [4.78, 5) is 13.3. The molecule has 1 amide bonds. The van der Waals surface area contributed by atoms with Gasteiger partial charge in [0, 0.05) is 0 Å². The quantitative estimate of drug-likeness (QED) is 0.419. The van der Waals surface area contributed by atoms with Gasteiger partial charge in [0.1, 0.15) is 0 Å². The van der Waals surface area contributed by atoms with Crippen molar-refractivity contribution in [3.05, 3.63) is 74.7 Å².